The van der Waals surface area contributed by atoms with Gasteiger partial charge in [0.25, 0.3) is 5.91 Å². The predicted octanol–water partition coefficient (Wildman–Crippen LogP) is 5.40. The van der Waals surface area contributed by atoms with Gasteiger partial charge in [0.1, 0.15) is 5.75 Å². The summed E-state index contributed by atoms with van der Waals surface area (Å²) in [4.78, 5) is 12.3. The van der Waals surface area contributed by atoms with Crippen LogP contribution in [0, 0.1) is 0 Å². The van der Waals surface area contributed by atoms with Crippen molar-refractivity contribution in [2.75, 3.05) is 12.4 Å². The Balaban J connectivity index is 1.60. The minimum atomic E-state index is -0.306. The Bertz CT molecular complexity index is 917. The number of thioether (sulfide) groups is 1. The molecule has 1 amide bonds. The van der Waals surface area contributed by atoms with Crippen molar-refractivity contribution < 1.29 is 9.53 Å². The van der Waals surface area contributed by atoms with E-state index in [0.29, 0.717) is 26.5 Å². The van der Waals surface area contributed by atoms with Crippen LogP contribution in [-0.2, 0) is 5.75 Å². The molecule has 0 aliphatic rings. The number of halogens is 2. The fourth-order valence-electron chi connectivity index (χ4n) is 2.02. The van der Waals surface area contributed by atoms with Crippen molar-refractivity contribution >= 4 is 57.3 Å². The molecule has 0 bridgehead atoms. The smallest absolute Gasteiger partial charge is 0.257 e. The highest BCUT2D eigenvalue weighted by Gasteiger charge is 2.12. The van der Waals surface area contributed by atoms with Gasteiger partial charge in [-0.2, -0.15) is 0 Å². The van der Waals surface area contributed by atoms with Crippen LogP contribution in [0.5, 0.6) is 5.75 Å². The Labute approximate surface area is 168 Å². The molecule has 1 heterocycles. The van der Waals surface area contributed by atoms with Gasteiger partial charge in [-0.1, -0.05) is 58.4 Å². The standard InChI is InChI=1S/C17H13Cl2N3O2S2/c1-24-14-7-4-11(8-13(14)19)15(23)20-16-21-22-17(26-16)25-9-10-2-5-12(18)6-3-10/h2-8H,9H2,1H3,(H,20,21,23). The molecule has 0 saturated heterocycles. The molecule has 9 heteroatoms. The van der Waals surface area contributed by atoms with E-state index in [9.17, 15) is 4.79 Å². The first-order valence-corrected chi connectivity index (χ1v) is 9.96. The van der Waals surface area contributed by atoms with Crippen molar-refractivity contribution in [3.63, 3.8) is 0 Å². The van der Waals surface area contributed by atoms with Crippen LogP contribution in [0.1, 0.15) is 15.9 Å². The Hall–Kier alpha value is -1.80. The second kappa shape index (κ2) is 8.73. The quantitative estimate of drug-likeness (QED) is 0.423. The van der Waals surface area contributed by atoms with Gasteiger partial charge in [-0.15, -0.1) is 10.2 Å². The second-order valence-electron chi connectivity index (χ2n) is 5.09. The van der Waals surface area contributed by atoms with E-state index >= 15 is 0 Å². The zero-order valence-electron chi connectivity index (χ0n) is 13.5. The van der Waals surface area contributed by atoms with Crippen LogP contribution >= 0.6 is 46.3 Å². The summed E-state index contributed by atoms with van der Waals surface area (Å²) in [7, 11) is 1.52. The molecule has 3 rings (SSSR count). The number of hydrogen-bond acceptors (Lipinski definition) is 6. The van der Waals surface area contributed by atoms with Crippen LogP contribution in [-0.4, -0.2) is 23.2 Å². The first kappa shape index (κ1) is 19.0. The third kappa shape index (κ3) is 4.88. The van der Waals surface area contributed by atoms with Gasteiger partial charge in [-0.25, -0.2) is 0 Å². The molecule has 0 spiro atoms. The minimum absolute atomic E-state index is 0.306. The lowest BCUT2D eigenvalue weighted by Gasteiger charge is -2.05. The van der Waals surface area contributed by atoms with E-state index in [4.69, 9.17) is 27.9 Å². The van der Waals surface area contributed by atoms with Gasteiger partial charge in [0.15, 0.2) is 4.34 Å². The minimum Gasteiger partial charge on any atom is -0.495 e. The molecule has 0 aliphatic heterocycles. The number of amides is 1. The number of nitrogens with zero attached hydrogens (tertiary/aromatic N) is 2. The van der Waals surface area contributed by atoms with Crippen LogP contribution in [0.2, 0.25) is 10.0 Å². The number of carbonyl (C=O) groups excluding carboxylic acids is 1. The number of ether oxygens (including phenoxy) is 1. The molecule has 3 aromatic rings. The van der Waals surface area contributed by atoms with Crippen molar-refractivity contribution in [3.8, 4) is 5.75 Å². The summed E-state index contributed by atoms with van der Waals surface area (Å²) in [6.07, 6.45) is 0. The van der Waals surface area contributed by atoms with Gasteiger partial charge in [-0.3, -0.25) is 10.1 Å². The summed E-state index contributed by atoms with van der Waals surface area (Å²) in [6, 6.07) is 12.5. The van der Waals surface area contributed by atoms with E-state index < -0.39 is 0 Å². The Morgan fingerprint density at radius 3 is 2.65 bits per heavy atom. The van der Waals surface area contributed by atoms with E-state index in [1.807, 2.05) is 24.3 Å². The third-order valence-corrected chi connectivity index (χ3v) is 5.91. The number of carbonyl (C=O) groups is 1. The van der Waals surface area contributed by atoms with E-state index in [2.05, 4.69) is 15.5 Å². The van der Waals surface area contributed by atoms with Gasteiger partial charge in [-0.05, 0) is 35.9 Å². The summed E-state index contributed by atoms with van der Waals surface area (Å²) in [6.45, 7) is 0. The fourth-order valence-corrected chi connectivity index (χ4v) is 4.11. The number of methoxy groups -OCH3 is 1. The van der Waals surface area contributed by atoms with E-state index in [0.717, 1.165) is 15.7 Å². The first-order chi connectivity index (χ1) is 12.5. The summed E-state index contributed by atoms with van der Waals surface area (Å²) in [5.41, 5.74) is 1.55. The number of hydrogen-bond donors (Lipinski definition) is 1. The Morgan fingerprint density at radius 2 is 1.96 bits per heavy atom. The number of benzene rings is 2. The molecule has 1 aromatic heterocycles. The van der Waals surface area contributed by atoms with Gasteiger partial charge < -0.3 is 4.74 Å². The van der Waals surface area contributed by atoms with Gasteiger partial charge in [0, 0.05) is 16.3 Å². The van der Waals surface area contributed by atoms with Crippen molar-refractivity contribution in [1.29, 1.82) is 0 Å². The zero-order valence-corrected chi connectivity index (χ0v) is 16.7. The summed E-state index contributed by atoms with van der Waals surface area (Å²) in [5.74, 6) is 0.952. The normalized spacial score (nSPS) is 10.6. The average Bonchev–Trinajstić information content (AvgIpc) is 3.08. The molecule has 2 aromatic carbocycles. The van der Waals surface area contributed by atoms with Crippen molar-refractivity contribution in [2.24, 2.45) is 0 Å². The second-order valence-corrected chi connectivity index (χ2v) is 8.14. The van der Waals surface area contributed by atoms with Gasteiger partial charge >= 0.3 is 0 Å². The molecule has 0 atom stereocenters. The lowest BCUT2D eigenvalue weighted by molar-refractivity contribution is 0.102. The van der Waals surface area contributed by atoms with Gasteiger partial charge in [0.05, 0.1) is 12.1 Å². The number of aromatic nitrogens is 2. The average molecular weight is 426 g/mol. The lowest BCUT2D eigenvalue weighted by atomic mass is 10.2. The first-order valence-electron chi connectivity index (χ1n) is 7.41. The Morgan fingerprint density at radius 1 is 1.19 bits per heavy atom. The topological polar surface area (TPSA) is 64.1 Å². The van der Waals surface area contributed by atoms with Crippen molar-refractivity contribution in [3.05, 3.63) is 63.6 Å². The van der Waals surface area contributed by atoms with Crippen LogP contribution < -0.4 is 10.1 Å². The Kier molecular flexibility index (Phi) is 6.37. The molecular formula is C17H13Cl2N3O2S2. The van der Waals surface area contributed by atoms with Crippen molar-refractivity contribution in [2.45, 2.75) is 10.1 Å². The molecular weight excluding hydrogens is 413 g/mol. The molecule has 0 radical (unpaired) electrons. The molecule has 0 saturated carbocycles. The van der Waals surface area contributed by atoms with E-state index in [1.165, 1.54) is 18.4 Å². The highest BCUT2D eigenvalue weighted by molar-refractivity contribution is 8.00. The number of rotatable bonds is 6. The van der Waals surface area contributed by atoms with E-state index in [1.54, 1.807) is 30.0 Å². The maximum atomic E-state index is 12.3. The highest BCUT2D eigenvalue weighted by atomic mass is 35.5. The van der Waals surface area contributed by atoms with Crippen LogP contribution in [0.4, 0.5) is 5.13 Å². The molecule has 0 aliphatic carbocycles. The van der Waals surface area contributed by atoms with Crippen LogP contribution in [0.15, 0.2) is 46.8 Å². The largest absolute Gasteiger partial charge is 0.495 e. The SMILES string of the molecule is COc1ccc(C(=O)Nc2nnc(SCc3ccc(Cl)cc3)s2)cc1Cl. The van der Waals surface area contributed by atoms with Crippen molar-refractivity contribution in [1.82, 2.24) is 10.2 Å². The van der Waals surface area contributed by atoms with Crippen LogP contribution in [0.25, 0.3) is 0 Å². The highest BCUT2D eigenvalue weighted by Crippen LogP contribution is 2.29. The van der Waals surface area contributed by atoms with E-state index in [-0.39, 0.29) is 5.91 Å². The summed E-state index contributed by atoms with van der Waals surface area (Å²) >= 11 is 14.8. The fraction of sp³-hybridized carbons (Fsp3) is 0.118. The summed E-state index contributed by atoms with van der Waals surface area (Å²) in [5, 5.41) is 12.3. The molecule has 0 fully saturated rings. The van der Waals surface area contributed by atoms with Crippen LogP contribution in [0.3, 0.4) is 0 Å². The molecule has 0 unspecified atom stereocenters. The molecule has 26 heavy (non-hydrogen) atoms. The number of nitrogens with one attached hydrogen (secondary N) is 1. The maximum absolute atomic E-state index is 12.3. The third-order valence-electron chi connectivity index (χ3n) is 3.32. The predicted molar refractivity (Wildman–Crippen MR) is 107 cm³/mol. The monoisotopic (exact) mass is 425 g/mol. The molecule has 134 valence electrons. The molecule has 1 N–H and O–H groups in total. The molecule has 5 nitrogen and oxygen atoms in total. The summed E-state index contributed by atoms with van der Waals surface area (Å²) < 4.78 is 5.84. The zero-order chi connectivity index (χ0) is 18.5. The lowest BCUT2D eigenvalue weighted by Crippen LogP contribution is -2.11. The van der Waals surface area contributed by atoms with Gasteiger partial charge in [0.2, 0.25) is 5.13 Å². The maximum Gasteiger partial charge on any atom is 0.257 e. The number of anilines is 1.